The molecule has 0 aliphatic heterocycles. The van der Waals surface area contributed by atoms with Gasteiger partial charge in [-0.25, -0.2) is 4.98 Å². The van der Waals surface area contributed by atoms with Gasteiger partial charge in [-0.2, -0.15) is 4.98 Å². The fourth-order valence-electron chi connectivity index (χ4n) is 2.21. The van der Waals surface area contributed by atoms with Gasteiger partial charge in [0.2, 0.25) is 5.95 Å². The molecular formula is C18H16Cl2N4O. The van der Waals surface area contributed by atoms with Crippen LogP contribution in [0.5, 0.6) is 5.75 Å². The highest BCUT2D eigenvalue weighted by atomic mass is 35.5. The van der Waals surface area contributed by atoms with Gasteiger partial charge in [0.1, 0.15) is 11.6 Å². The van der Waals surface area contributed by atoms with Gasteiger partial charge in [0.15, 0.2) is 0 Å². The van der Waals surface area contributed by atoms with Gasteiger partial charge in [0, 0.05) is 28.5 Å². The second kappa shape index (κ2) is 8.05. The number of nitrogens with one attached hydrogen (secondary N) is 2. The van der Waals surface area contributed by atoms with Crippen LogP contribution in [-0.2, 0) is 6.54 Å². The molecule has 0 atom stereocenters. The molecule has 5 nitrogen and oxygen atoms in total. The number of hydrogen-bond donors (Lipinski definition) is 2. The van der Waals surface area contributed by atoms with Crippen molar-refractivity contribution in [3.8, 4) is 5.75 Å². The quantitative estimate of drug-likeness (QED) is 0.624. The molecule has 2 aromatic carbocycles. The average Bonchev–Trinajstić information content (AvgIpc) is 2.60. The van der Waals surface area contributed by atoms with E-state index in [-0.39, 0.29) is 0 Å². The van der Waals surface area contributed by atoms with E-state index >= 15 is 0 Å². The van der Waals surface area contributed by atoms with Crippen LogP contribution in [0.4, 0.5) is 17.5 Å². The van der Waals surface area contributed by atoms with Crippen LogP contribution in [-0.4, -0.2) is 17.1 Å². The third kappa shape index (κ3) is 4.98. The molecule has 2 N–H and O–H groups in total. The summed E-state index contributed by atoms with van der Waals surface area (Å²) >= 11 is 12.0. The molecule has 25 heavy (non-hydrogen) atoms. The van der Waals surface area contributed by atoms with Gasteiger partial charge in [-0.1, -0.05) is 35.3 Å². The molecule has 0 aliphatic carbocycles. The van der Waals surface area contributed by atoms with E-state index in [4.69, 9.17) is 27.9 Å². The first kappa shape index (κ1) is 17.3. The Morgan fingerprint density at radius 3 is 2.40 bits per heavy atom. The van der Waals surface area contributed by atoms with Gasteiger partial charge in [0.05, 0.1) is 7.11 Å². The number of hydrogen-bond acceptors (Lipinski definition) is 5. The van der Waals surface area contributed by atoms with Gasteiger partial charge in [-0.15, -0.1) is 0 Å². The molecule has 3 aromatic rings. The first-order chi connectivity index (χ1) is 12.1. The highest BCUT2D eigenvalue weighted by Crippen LogP contribution is 2.24. The maximum absolute atomic E-state index is 6.01. The summed E-state index contributed by atoms with van der Waals surface area (Å²) in [5.74, 6) is 1.99. The molecule has 0 saturated heterocycles. The molecule has 0 spiro atoms. The van der Waals surface area contributed by atoms with Gasteiger partial charge < -0.3 is 15.4 Å². The first-order valence-electron chi connectivity index (χ1n) is 7.55. The van der Waals surface area contributed by atoms with Crippen molar-refractivity contribution >= 4 is 40.7 Å². The fraction of sp³-hybridized carbons (Fsp3) is 0.111. The Kier molecular flexibility index (Phi) is 5.58. The van der Waals surface area contributed by atoms with Crippen LogP contribution in [0.3, 0.4) is 0 Å². The largest absolute Gasteiger partial charge is 0.497 e. The summed E-state index contributed by atoms with van der Waals surface area (Å²) in [5.41, 5.74) is 1.86. The predicted molar refractivity (Wildman–Crippen MR) is 102 cm³/mol. The van der Waals surface area contributed by atoms with Crippen molar-refractivity contribution in [1.82, 2.24) is 9.97 Å². The normalized spacial score (nSPS) is 10.4. The number of aromatic nitrogens is 2. The zero-order valence-corrected chi connectivity index (χ0v) is 15.0. The summed E-state index contributed by atoms with van der Waals surface area (Å²) in [6.45, 7) is 0.608. The Morgan fingerprint density at radius 1 is 1.00 bits per heavy atom. The predicted octanol–water partition coefficient (Wildman–Crippen LogP) is 5.15. The molecule has 128 valence electrons. The lowest BCUT2D eigenvalue weighted by Crippen LogP contribution is -2.05. The third-order valence-corrected chi connectivity index (χ3v) is 3.84. The number of benzene rings is 2. The van der Waals surface area contributed by atoms with Gasteiger partial charge in [-0.05, 0) is 42.0 Å². The zero-order valence-electron chi connectivity index (χ0n) is 13.5. The molecule has 0 amide bonds. The second-order valence-electron chi connectivity index (χ2n) is 5.25. The van der Waals surface area contributed by atoms with E-state index < -0.39 is 0 Å². The maximum atomic E-state index is 6.01. The highest BCUT2D eigenvalue weighted by molar-refractivity contribution is 6.35. The SMILES string of the molecule is COc1ccc(CNc2nccc(Nc3cc(Cl)cc(Cl)c3)n2)cc1. The molecule has 1 aromatic heterocycles. The minimum Gasteiger partial charge on any atom is -0.497 e. The summed E-state index contributed by atoms with van der Waals surface area (Å²) in [6, 6.07) is 14.8. The van der Waals surface area contributed by atoms with E-state index in [1.54, 1.807) is 37.6 Å². The van der Waals surface area contributed by atoms with Crippen molar-refractivity contribution < 1.29 is 4.74 Å². The van der Waals surface area contributed by atoms with Crippen LogP contribution in [0, 0.1) is 0 Å². The van der Waals surface area contributed by atoms with E-state index in [0.29, 0.717) is 28.4 Å². The molecule has 0 bridgehead atoms. The average molecular weight is 375 g/mol. The Bertz CT molecular complexity index is 836. The van der Waals surface area contributed by atoms with Crippen molar-refractivity contribution in [2.24, 2.45) is 0 Å². The van der Waals surface area contributed by atoms with Crippen LogP contribution >= 0.6 is 23.2 Å². The van der Waals surface area contributed by atoms with Crippen molar-refractivity contribution in [3.05, 3.63) is 70.3 Å². The molecule has 0 unspecified atom stereocenters. The Morgan fingerprint density at radius 2 is 1.72 bits per heavy atom. The smallest absolute Gasteiger partial charge is 0.224 e. The van der Waals surface area contributed by atoms with E-state index in [9.17, 15) is 0 Å². The molecule has 0 radical (unpaired) electrons. The number of rotatable bonds is 6. The van der Waals surface area contributed by atoms with Crippen molar-refractivity contribution in [3.63, 3.8) is 0 Å². The topological polar surface area (TPSA) is 59.1 Å². The Hall–Kier alpha value is -2.50. The lowest BCUT2D eigenvalue weighted by Gasteiger charge is -2.09. The van der Waals surface area contributed by atoms with Crippen molar-refractivity contribution in [1.29, 1.82) is 0 Å². The monoisotopic (exact) mass is 374 g/mol. The maximum Gasteiger partial charge on any atom is 0.224 e. The van der Waals surface area contributed by atoms with Crippen LogP contribution in [0.15, 0.2) is 54.7 Å². The molecule has 0 fully saturated rings. The van der Waals surface area contributed by atoms with Crippen molar-refractivity contribution in [2.45, 2.75) is 6.54 Å². The van der Waals surface area contributed by atoms with E-state index in [0.717, 1.165) is 17.0 Å². The zero-order chi connectivity index (χ0) is 17.6. The van der Waals surface area contributed by atoms with E-state index in [2.05, 4.69) is 20.6 Å². The second-order valence-corrected chi connectivity index (χ2v) is 6.12. The highest BCUT2D eigenvalue weighted by Gasteiger charge is 2.03. The first-order valence-corrected chi connectivity index (χ1v) is 8.31. The van der Waals surface area contributed by atoms with Crippen LogP contribution in [0.2, 0.25) is 10.0 Å². The van der Waals surface area contributed by atoms with E-state index in [1.165, 1.54) is 0 Å². The lowest BCUT2D eigenvalue weighted by molar-refractivity contribution is 0.414. The van der Waals surface area contributed by atoms with Crippen molar-refractivity contribution in [2.75, 3.05) is 17.7 Å². The van der Waals surface area contributed by atoms with E-state index in [1.807, 2.05) is 24.3 Å². The van der Waals surface area contributed by atoms with Crippen LogP contribution in [0.25, 0.3) is 0 Å². The molecular weight excluding hydrogens is 359 g/mol. The van der Waals surface area contributed by atoms with Gasteiger partial charge in [-0.3, -0.25) is 0 Å². The molecule has 0 saturated carbocycles. The Balaban J connectivity index is 1.66. The van der Waals surface area contributed by atoms with Gasteiger partial charge in [0.25, 0.3) is 0 Å². The molecule has 7 heteroatoms. The van der Waals surface area contributed by atoms with Gasteiger partial charge >= 0.3 is 0 Å². The van der Waals surface area contributed by atoms with Crippen LogP contribution < -0.4 is 15.4 Å². The number of ether oxygens (including phenoxy) is 1. The number of nitrogens with zero attached hydrogens (tertiary/aromatic N) is 2. The summed E-state index contributed by atoms with van der Waals surface area (Å²) in [6.07, 6.45) is 1.68. The minimum absolute atomic E-state index is 0.522. The summed E-state index contributed by atoms with van der Waals surface area (Å²) < 4.78 is 5.15. The van der Waals surface area contributed by atoms with Crippen LogP contribution in [0.1, 0.15) is 5.56 Å². The summed E-state index contributed by atoms with van der Waals surface area (Å²) in [7, 11) is 1.65. The summed E-state index contributed by atoms with van der Waals surface area (Å²) in [5, 5.41) is 7.47. The standard InChI is InChI=1S/C18H16Cl2N4O/c1-25-16-4-2-12(3-5-16)11-22-18-21-7-6-17(24-18)23-15-9-13(19)8-14(20)10-15/h2-10H,11H2,1H3,(H2,21,22,23,24). The number of halogens is 2. The molecule has 0 aliphatic rings. The third-order valence-electron chi connectivity index (χ3n) is 3.40. The fourth-order valence-corrected chi connectivity index (χ4v) is 2.74. The number of anilines is 3. The lowest BCUT2D eigenvalue weighted by atomic mass is 10.2. The summed E-state index contributed by atoms with van der Waals surface area (Å²) in [4.78, 5) is 8.66. The number of methoxy groups -OCH3 is 1. The Labute approximate surface area is 156 Å². The minimum atomic E-state index is 0.522. The molecule has 3 rings (SSSR count). The molecule has 1 heterocycles.